The van der Waals surface area contributed by atoms with Crippen LogP contribution >= 0.6 is 0 Å². The minimum Gasteiger partial charge on any atom is -0.482 e. The number of hydrogen-bond donors (Lipinski definition) is 1. The van der Waals surface area contributed by atoms with Crippen LogP contribution in [0, 0.1) is 5.41 Å². The van der Waals surface area contributed by atoms with Gasteiger partial charge in [-0.1, -0.05) is 51.1 Å². The normalized spacial score (nSPS) is 11.1. The number of Topliss-reactive ketones (excluding diaryl/α,β-unsaturated/α-hetero) is 1. The topological polar surface area (TPSA) is 81.7 Å². The summed E-state index contributed by atoms with van der Waals surface area (Å²) in [6.45, 7) is 4.78. The fourth-order valence-corrected chi connectivity index (χ4v) is 2.73. The molecule has 0 heterocycles. The highest BCUT2D eigenvalue weighted by molar-refractivity contribution is 5.99. The summed E-state index contributed by atoms with van der Waals surface area (Å²) in [5, 5.41) is 4.87. The molecule has 6 heteroatoms. The Morgan fingerprint density at radius 3 is 2.19 bits per heavy atom. The van der Waals surface area contributed by atoms with Gasteiger partial charge >= 0.3 is 5.97 Å². The monoisotopic (exact) mass is 419 g/mol. The van der Waals surface area contributed by atoms with Gasteiger partial charge in [0, 0.05) is 16.7 Å². The van der Waals surface area contributed by atoms with E-state index in [-0.39, 0.29) is 24.9 Å². The van der Waals surface area contributed by atoms with E-state index in [9.17, 15) is 14.4 Å². The SMILES string of the molecule is CC(C)(C)C(=O)Nc1ccc(C(=O)COC(=O)COc2ccc3ccccc3c2)cc1. The van der Waals surface area contributed by atoms with Crippen molar-refractivity contribution in [3.05, 3.63) is 72.3 Å². The molecule has 6 nitrogen and oxygen atoms in total. The number of rotatable bonds is 7. The standard InChI is InChI=1S/C25H25NO5/c1-25(2,3)24(29)26-20-11-8-18(9-12-20)22(27)15-31-23(28)16-30-21-13-10-17-6-4-5-7-19(17)14-21/h4-14H,15-16H2,1-3H3,(H,26,29). The minimum atomic E-state index is -0.629. The molecule has 0 aliphatic heterocycles. The number of amides is 1. The Balaban J connectivity index is 1.47. The second-order valence-electron chi connectivity index (χ2n) is 8.16. The molecule has 1 N–H and O–H groups in total. The molecule has 0 bridgehead atoms. The first kappa shape index (κ1) is 22.0. The Bertz CT molecular complexity index is 1100. The number of esters is 1. The van der Waals surface area contributed by atoms with Gasteiger partial charge in [0.25, 0.3) is 0 Å². The molecule has 1 amide bonds. The van der Waals surface area contributed by atoms with Gasteiger partial charge in [0.1, 0.15) is 5.75 Å². The van der Waals surface area contributed by atoms with Crippen molar-refractivity contribution in [2.75, 3.05) is 18.5 Å². The number of carbonyl (C=O) groups is 3. The largest absolute Gasteiger partial charge is 0.482 e. The van der Waals surface area contributed by atoms with Gasteiger partial charge in [0.05, 0.1) is 0 Å². The van der Waals surface area contributed by atoms with Crippen LogP contribution in [-0.4, -0.2) is 30.9 Å². The van der Waals surface area contributed by atoms with Gasteiger partial charge in [0.15, 0.2) is 19.0 Å². The highest BCUT2D eigenvalue weighted by Gasteiger charge is 2.21. The van der Waals surface area contributed by atoms with Crippen LogP contribution in [0.25, 0.3) is 10.8 Å². The van der Waals surface area contributed by atoms with Gasteiger partial charge in [0.2, 0.25) is 5.91 Å². The van der Waals surface area contributed by atoms with E-state index in [0.29, 0.717) is 17.0 Å². The van der Waals surface area contributed by atoms with E-state index in [1.54, 1.807) is 30.3 Å². The van der Waals surface area contributed by atoms with Crippen molar-refractivity contribution in [2.24, 2.45) is 5.41 Å². The molecule has 0 radical (unpaired) electrons. The Morgan fingerprint density at radius 1 is 0.839 bits per heavy atom. The smallest absolute Gasteiger partial charge is 0.344 e. The highest BCUT2D eigenvalue weighted by Crippen LogP contribution is 2.21. The molecular weight excluding hydrogens is 394 g/mol. The van der Waals surface area contributed by atoms with E-state index in [1.165, 1.54) is 0 Å². The van der Waals surface area contributed by atoms with E-state index < -0.39 is 11.4 Å². The van der Waals surface area contributed by atoms with Crippen molar-refractivity contribution in [3.8, 4) is 5.75 Å². The van der Waals surface area contributed by atoms with Crippen LogP contribution in [0.5, 0.6) is 5.75 Å². The molecule has 3 aromatic rings. The first-order valence-electron chi connectivity index (χ1n) is 9.94. The summed E-state index contributed by atoms with van der Waals surface area (Å²) in [7, 11) is 0. The van der Waals surface area contributed by atoms with Crippen molar-refractivity contribution in [1.82, 2.24) is 0 Å². The van der Waals surface area contributed by atoms with E-state index >= 15 is 0 Å². The first-order chi connectivity index (χ1) is 14.7. The van der Waals surface area contributed by atoms with Crippen molar-refractivity contribution in [3.63, 3.8) is 0 Å². The van der Waals surface area contributed by atoms with Crippen LogP contribution in [0.4, 0.5) is 5.69 Å². The zero-order valence-electron chi connectivity index (χ0n) is 17.8. The van der Waals surface area contributed by atoms with Gasteiger partial charge in [-0.2, -0.15) is 0 Å². The average molecular weight is 419 g/mol. The van der Waals surface area contributed by atoms with E-state index in [0.717, 1.165) is 10.8 Å². The molecule has 31 heavy (non-hydrogen) atoms. The Labute approximate surface area is 181 Å². The quantitative estimate of drug-likeness (QED) is 0.446. The molecule has 0 aliphatic rings. The Kier molecular flexibility index (Phi) is 6.70. The molecule has 0 unspecified atom stereocenters. The van der Waals surface area contributed by atoms with E-state index in [2.05, 4.69) is 5.32 Å². The van der Waals surface area contributed by atoms with Crippen molar-refractivity contribution >= 4 is 34.1 Å². The third kappa shape index (κ3) is 6.15. The van der Waals surface area contributed by atoms with Gasteiger partial charge in [-0.15, -0.1) is 0 Å². The highest BCUT2D eigenvalue weighted by atomic mass is 16.6. The molecule has 0 atom stereocenters. The first-order valence-corrected chi connectivity index (χ1v) is 9.94. The number of fused-ring (bicyclic) bond motifs is 1. The van der Waals surface area contributed by atoms with E-state index in [1.807, 2.05) is 57.2 Å². The summed E-state index contributed by atoms with van der Waals surface area (Å²) in [5.41, 5.74) is 0.465. The molecule has 160 valence electrons. The lowest BCUT2D eigenvalue weighted by atomic mass is 9.95. The van der Waals surface area contributed by atoms with Gasteiger partial charge < -0.3 is 14.8 Å². The van der Waals surface area contributed by atoms with Crippen LogP contribution in [0.15, 0.2) is 66.7 Å². The lowest BCUT2D eigenvalue weighted by Gasteiger charge is -2.17. The molecule has 3 rings (SSSR count). The second kappa shape index (κ2) is 9.43. The second-order valence-corrected chi connectivity index (χ2v) is 8.16. The fourth-order valence-electron chi connectivity index (χ4n) is 2.73. The molecule has 0 saturated heterocycles. The third-order valence-electron chi connectivity index (χ3n) is 4.59. The number of carbonyl (C=O) groups excluding carboxylic acids is 3. The number of anilines is 1. The van der Waals surface area contributed by atoms with Gasteiger partial charge in [-0.25, -0.2) is 4.79 Å². The van der Waals surface area contributed by atoms with Gasteiger partial charge in [-0.05, 0) is 47.2 Å². The summed E-state index contributed by atoms with van der Waals surface area (Å²) in [6.07, 6.45) is 0. The maximum absolute atomic E-state index is 12.3. The zero-order valence-corrected chi connectivity index (χ0v) is 17.8. The maximum Gasteiger partial charge on any atom is 0.344 e. The predicted octanol–water partition coefficient (Wildman–Crippen LogP) is 4.63. The number of ether oxygens (including phenoxy) is 2. The average Bonchev–Trinajstić information content (AvgIpc) is 2.75. The van der Waals surface area contributed by atoms with Crippen LogP contribution in [0.1, 0.15) is 31.1 Å². The van der Waals surface area contributed by atoms with Crippen molar-refractivity contribution in [2.45, 2.75) is 20.8 Å². The van der Waals surface area contributed by atoms with Crippen molar-refractivity contribution < 1.29 is 23.9 Å². The number of nitrogens with one attached hydrogen (secondary N) is 1. The molecule has 0 spiro atoms. The Morgan fingerprint density at radius 2 is 1.52 bits per heavy atom. The summed E-state index contributed by atoms with van der Waals surface area (Å²) in [5.74, 6) is -0.537. The summed E-state index contributed by atoms with van der Waals surface area (Å²) in [4.78, 5) is 36.2. The van der Waals surface area contributed by atoms with Crippen LogP contribution in [0.3, 0.4) is 0 Å². The molecule has 0 saturated carbocycles. The molecule has 0 aromatic heterocycles. The summed E-state index contributed by atoms with van der Waals surface area (Å²) < 4.78 is 10.5. The molecule has 0 aliphatic carbocycles. The predicted molar refractivity (Wildman–Crippen MR) is 119 cm³/mol. The van der Waals surface area contributed by atoms with Gasteiger partial charge in [-0.3, -0.25) is 9.59 Å². The number of benzene rings is 3. The lowest BCUT2D eigenvalue weighted by Crippen LogP contribution is -2.27. The zero-order chi connectivity index (χ0) is 22.4. The molecule has 0 fully saturated rings. The summed E-state index contributed by atoms with van der Waals surface area (Å²) >= 11 is 0. The summed E-state index contributed by atoms with van der Waals surface area (Å²) in [6, 6.07) is 19.8. The van der Waals surface area contributed by atoms with Crippen LogP contribution in [0.2, 0.25) is 0 Å². The number of ketones is 1. The maximum atomic E-state index is 12.3. The Hall–Kier alpha value is -3.67. The molecular formula is C25H25NO5. The lowest BCUT2D eigenvalue weighted by molar-refractivity contribution is -0.144. The minimum absolute atomic E-state index is 0.119. The van der Waals surface area contributed by atoms with Crippen molar-refractivity contribution in [1.29, 1.82) is 0 Å². The molecule has 3 aromatic carbocycles. The number of hydrogen-bond acceptors (Lipinski definition) is 5. The van der Waals surface area contributed by atoms with Crippen LogP contribution < -0.4 is 10.1 Å². The fraction of sp³-hybridized carbons (Fsp3) is 0.240. The van der Waals surface area contributed by atoms with E-state index in [4.69, 9.17) is 9.47 Å². The van der Waals surface area contributed by atoms with Crippen LogP contribution in [-0.2, 0) is 14.3 Å². The third-order valence-corrected chi connectivity index (χ3v) is 4.59.